The molecule has 0 spiro atoms. The van der Waals surface area contributed by atoms with Crippen LogP contribution in [0.2, 0.25) is 0 Å². The van der Waals surface area contributed by atoms with Crippen LogP contribution in [0.4, 0.5) is 0 Å². The minimum atomic E-state index is -0.110. The standard InChI is InChI=1S/C24H27N3O4/c1-17-20-14-19(30-2)8-9-21(20)31-23(17)24(29)27-12-10-26(11-13-27)16-22(28)25-15-18-6-4-3-5-7-18/h3-9,14H,10-13,15-16H2,1-2H3,(H,25,28). The molecule has 1 N–H and O–H groups in total. The number of benzene rings is 2. The highest BCUT2D eigenvalue weighted by Crippen LogP contribution is 2.29. The van der Waals surface area contributed by atoms with Gasteiger partial charge in [0.1, 0.15) is 11.3 Å². The van der Waals surface area contributed by atoms with Crippen molar-refractivity contribution in [1.29, 1.82) is 0 Å². The van der Waals surface area contributed by atoms with Crippen LogP contribution in [0.5, 0.6) is 5.75 Å². The van der Waals surface area contributed by atoms with Crippen molar-refractivity contribution >= 4 is 22.8 Å². The summed E-state index contributed by atoms with van der Waals surface area (Å²) in [4.78, 5) is 29.2. The van der Waals surface area contributed by atoms with Crippen LogP contribution < -0.4 is 10.1 Å². The van der Waals surface area contributed by atoms with Gasteiger partial charge >= 0.3 is 0 Å². The third-order valence-electron chi connectivity index (χ3n) is 5.70. The predicted octanol–water partition coefficient (Wildman–Crippen LogP) is 2.82. The van der Waals surface area contributed by atoms with Gasteiger partial charge in [-0.15, -0.1) is 0 Å². The third-order valence-corrected chi connectivity index (χ3v) is 5.70. The van der Waals surface area contributed by atoms with Crippen LogP contribution in [0.3, 0.4) is 0 Å². The fraction of sp³-hybridized carbons (Fsp3) is 0.333. The highest BCUT2D eigenvalue weighted by molar-refractivity contribution is 5.99. The number of hydrogen-bond donors (Lipinski definition) is 1. The Morgan fingerprint density at radius 2 is 1.81 bits per heavy atom. The first kappa shape index (κ1) is 20.9. The molecule has 2 heterocycles. The number of methoxy groups -OCH3 is 1. The first-order chi connectivity index (χ1) is 15.0. The molecule has 4 rings (SSSR count). The van der Waals surface area contributed by atoms with Crippen LogP contribution in [0.1, 0.15) is 21.7 Å². The molecule has 1 aromatic heterocycles. The zero-order valence-corrected chi connectivity index (χ0v) is 17.9. The van der Waals surface area contributed by atoms with E-state index >= 15 is 0 Å². The summed E-state index contributed by atoms with van der Waals surface area (Å²) in [6.45, 7) is 5.17. The van der Waals surface area contributed by atoms with Crippen LogP contribution in [0.15, 0.2) is 52.9 Å². The van der Waals surface area contributed by atoms with Gasteiger partial charge in [-0.2, -0.15) is 0 Å². The van der Waals surface area contributed by atoms with Gasteiger partial charge in [0.15, 0.2) is 5.76 Å². The number of piperazine rings is 1. The highest BCUT2D eigenvalue weighted by Gasteiger charge is 2.27. The summed E-state index contributed by atoms with van der Waals surface area (Å²) in [6.07, 6.45) is 0. The number of nitrogens with zero attached hydrogens (tertiary/aromatic N) is 2. The minimum absolute atomic E-state index is 0.00861. The number of fused-ring (bicyclic) bond motifs is 1. The second-order valence-corrected chi connectivity index (χ2v) is 7.75. The van der Waals surface area contributed by atoms with Crippen LogP contribution >= 0.6 is 0 Å². The van der Waals surface area contributed by atoms with Crippen LogP contribution in [0, 0.1) is 6.92 Å². The van der Waals surface area contributed by atoms with Crippen LogP contribution in [-0.2, 0) is 11.3 Å². The molecule has 1 aliphatic rings. The van der Waals surface area contributed by atoms with Crippen LogP contribution in [0.25, 0.3) is 11.0 Å². The lowest BCUT2D eigenvalue weighted by molar-refractivity contribution is -0.122. The fourth-order valence-corrected chi connectivity index (χ4v) is 3.84. The maximum absolute atomic E-state index is 13.0. The highest BCUT2D eigenvalue weighted by atomic mass is 16.5. The van der Waals surface area contributed by atoms with Crippen molar-refractivity contribution in [2.45, 2.75) is 13.5 Å². The topological polar surface area (TPSA) is 75.0 Å². The summed E-state index contributed by atoms with van der Waals surface area (Å²) < 4.78 is 11.1. The average Bonchev–Trinajstić information content (AvgIpc) is 3.14. The maximum atomic E-state index is 13.0. The summed E-state index contributed by atoms with van der Waals surface area (Å²) in [5.74, 6) is 0.985. The van der Waals surface area contributed by atoms with E-state index in [-0.39, 0.29) is 11.8 Å². The molecule has 1 aliphatic heterocycles. The van der Waals surface area contributed by atoms with Gasteiger partial charge in [-0.05, 0) is 30.7 Å². The molecule has 0 radical (unpaired) electrons. The Balaban J connectivity index is 1.31. The molecule has 1 fully saturated rings. The van der Waals surface area contributed by atoms with Crippen molar-refractivity contribution in [2.24, 2.45) is 0 Å². The molecule has 0 aliphatic carbocycles. The molecular formula is C24H27N3O4. The van der Waals surface area contributed by atoms with E-state index in [4.69, 9.17) is 9.15 Å². The monoisotopic (exact) mass is 421 g/mol. The molecule has 1 saturated heterocycles. The van der Waals surface area contributed by atoms with Gasteiger partial charge in [0.2, 0.25) is 5.91 Å². The van der Waals surface area contributed by atoms with Gasteiger partial charge in [0.25, 0.3) is 5.91 Å². The smallest absolute Gasteiger partial charge is 0.289 e. The van der Waals surface area contributed by atoms with Gasteiger partial charge in [0.05, 0.1) is 13.7 Å². The number of hydrogen-bond acceptors (Lipinski definition) is 5. The van der Waals surface area contributed by atoms with Crippen molar-refractivity contribution in [3.63, 3.8) is 0 Å². The van der Waals surface area contributed by atoms with Crippen molar-refractivity contribution in [2.75, 3.05) is 39.8 Å². The molecule has 0 atom stereocenters. The zero-order valence-electron chi connectivity index (χ0n) is 17.9. The van der Waals surface area contributed by atoms with Crippen molar-refractivity contribution in [1.82, 2.24) is 15.1 Å². The van der Waals surface area contributed by atoms with E-state index in [1.54, 1.807) is 12.0 Å². The second-order valence-electron chi connectivity index (χ2n) is 7.75. The molecular weight excluding hydrogens is 394 g/mol. The van der Waals surface area contributed by atoms with Crippen molar-refractivity contribution < 1.29 is 18.7 Å². The van der Waals surface area contributed by atoms with Gasteiger partial charge in [-0.1, -0.05) is 30.3 Å². The number of amides is 2. The maximum Gasteiger partial charge on any atom is 0.289 e. The largest absolute Gasteiger partial charge is 0.497 e. The van der Waals surface area contributed by atoms with Crippen LogP contribution in [-0.4, -0.2) is 61.4 Å². The number of carbonyl (C=O) groups excluding carboxylic acids is 2. The fourth-order valence-electron chi connectivity index (χ4n) is 3.84. The SMILES string of the molecule is COc1ccc2oc(C(=O)N3CCN(CC(=O)NCc4ccccc4)CC3)c(C)c2c1. The number of furan rings is 1. The molecule has 162 valence electrons. The molecule has 3 aromatic rings. The van der Waals surface area contributed by atoms with Gasteiger partial charge in [-0.25, -0.2) is 0 Å². The number of rotatable bonds is 6. The molecule has 0 unspecified atom stereocenters. The molecule has 31 heavy (non-hydrogen) atoms. The van der Waals surface area contributed by atoms with E-state index in [9.17, 15) is 9.59 Å². The quantitative estimate of drug-likeness (QED) is 0.663. The summed E-state index contributed by atoms with van der Waals surface area (Å²) in [5.41, 5.74) is 2.57. The van der Waals surface area contributed by atoms with E-state index in [0.29, 0.717) is 50.6 Å². The van der Waals surface area contributed by atoms with E-state index in [2.05, 4.69) is 10.2 Å². The first-order valence-electron chi connectivity index (χ1n) is 10.4. The van der Waals surface area contributed by atoms with Gasteiger partial charge in [-0.3, -0.25) is 14.5 Å². The number of nitrogens with one attached hydrogen (secondary N) is 1. The Hall–Kier alpha value is -3.32. The number of ether oxygens (including phenoxy) is 1. The van der Waals surface area contributed by atoms with Gasteiger partial charge < -0.3 is 19.4 Å². The molecule has 7 nitrogen and oxygen atoms in total. The summed E-state index contributed by atoms with van der Waals surface area (Å²) in [7, 11) is 1.62. The Labute approximate surface area is 181 Å². The summed E-state index contributed by atoms with van der Waals surface area (Å²) in [5, 5.41) is 3.84. The first-order valence-corrected chi connectivity index (χ1v) is 10.4. The normalized spacial score (nSPS) is 14.6. The molecule has 2 aromatic carbocycles. The Bertz CT molecular complexity index is 1070. The second kappa shape index (κ2) is 9.22. The lowest BCUT2D eigenvalue weighted by Crippen LogP contribution is -2.51. The molecule has 0 bridgehead atoms. The Morgan fingerprint density at radius 3 is 2.52 bits per heavy atom. The Kier molecular flexibility index (Phi) is 6.23. The molecule has 2 amide bonds. The Morgan fingerprint density at radius 1 is 1.06 bits per heavy atom. The van der Waals surface area contributed by atoms with Crippen molar-refractivity contribution in [3.8, 4) is 5.75 Å². The van der Waals surface area contributed by atoms with E-state index < -0.39 is 0 Å². The molecule has 7 heteroatoms. The lowest BCUT2D eigenvalue weighted by Gasteiger charge is -2.34. The van der Waals surface area contributed by atoms with Crippen molar-refractivity contribution in [3.05, 3.63) is 65.4 Å². The van der Waals surface area contributed by atoms with E-state index in [0.717, 1.165) is 22.3 Å². The third kappa shape index (κ3) is 4.72. The summed E-state index contributed by atoms with van der Waals surface area (Å²) >= 11 is 0. The van der Waals surface area contributed by atoms with Gasteiger partial charge in [0, 0.05) is 43.7 Å². The number of aryl methyl sites for hydroxylation is 1. The molecule has 0 saturated carbocycles. The zero-order chi connectivity index (χ0) is 21.8. The number of carbonyl (C=O) groups is 2. The average molecular weight is 421 g/mol. The minimum Gasteiger partial charge on any atom is -0.497 e. The predicted molar refractivity (Wildman–Crippen MR) is 118 cm³/mol. The lowest BCUT2D eigenvalue weighted by atomic mass is 10.1. The summed E-state index contributed by atoms with van der Waals surface area (Å²) in [6, 6.07) is 15.4. The van der Waals surface area contributed by atoms with E-state index in [1.807, 2.05) is 55.5 Å². The van der Waals surface area contributed by atoms with E-state index in [1.165, 1.54) is 0 Å².